The summed E-state index contributed by atoms with van der Waals surface area (Å²) in [4.78, 5) is 17.9. The number of aliphatic hydroxyl groups is 1. The van der Waals surface area contributed by atoms with E-state index in [0.29, 0.717) is 36.4 Å². The molecule has 2 heterocycles. The van der Waals surface area contributed by atoms with E-state index in [2.05, 4.69) is 17.6 Å². The molecule has 0 radical (unpaired) electrons. The van der Waals surface area contributed by atoms with Crippen LogP contribution in [0.25, 0.3) is 21.7 Å². The van der Waals surface area contributed by atoms with Gasteiger partial charge in [-0.3, -0.25) is 10.2 Å². The summed E-state index contributed by atoms with van der Waals surface area (Å²) in [5.74, 6) is 0.705. The van der Waals surface area contributed by atoms with Crippen LogP contribution in [0, 0.1) is 5.41 Å². The van der Waals surface area contributed by atoms with Gasteiger partial charge in [0.1, 0.15) is 5.76 Å². The molecule has 2 aromatic carbocycles. The minimum Gasteiger partial charge on any atom is -0.511 e. The number of rotatable bonds is 6. The van der Waals surface area contributed by atoms with E-state index in [1.54, 1.807) is 0 Å². The van der Waals surface area contributed by atoms with Gasteiger partial charge < -0.3 is 9.84 Å². The lowest BCUT2D eigenvalue weighted by Gasteiger charge is -2.30. The van der Waals surface area contributed by atoms with Gasteiger partial charge in [-0.2, -0.15) is 5.10 Å². The molecule has 176 valence electrons. The lowest BCUT2D eigenvalue weighted by atomic mass is 9.75. The van der Waals surface area contributed by atoms with Crippen molar-refractivity contribution >= 4 is 39.0 Å². The number of hydrogen-bond acceptors (Lipinski definition) is 6. The summed E-state index contributed by atoms with van der Waals surface area (Å²) in [5, 5.41) is 18.7. The van der Waals surface area contributed by atoms with Gasteiger partial charge in [0.05, 0.1) is 22.9 Å². The SMILES string of the molecule is CC1(C)CC(=O)C(/C(CCC2CCCO2)=N/Nc2nc3ccccc3c3ccccc23)=C(O)C1. The predicted molar refractivity (Wildman–Crippen MR) is 136 cm³/mol. The molecule has 5 rings (SSSR count). The second-order valence-corrected chi connectivity index (χ2v) is 10.1. The fourth-order valence-electron chi connectivity index (χ4n) is 5.13. The van der Waals surface area contributed by atoms with E-state index in [0.717, 1.165) is 47.5 Å². The first-order valence-corrected chi connectivity index (χ1v) is 12.1. The monoisotopic (exact) mass is 457 g/mol. The van der Waals surface area contributed by atoms with Gasteiger partial charge in [-0.15, -0.1) is 0 Å². The number of aromatic nitrogens is 1. The van der Waals surface area contributed by atoms with E-state index in [1.807, 2.05) is 50.2 Å². The van der Waals surface area contributed by atoms with Crippen molar-refractivity contribution in [2.24, 2.45) is 10.5 Å². The van der Waals surface area contributed by atoms with Gasteiger partial charge in [0, 0.05) is 30.2 Å². The standard InChI is InChI=1S/C28H31N3O3/c1-28(2)16-24(32)26(25(33)17-28)23(14-13-18-8-7-15-34-18)30-31-27-21-11-4-3-9-19(21)20-10-5-6-12-22(20)29-27/h3-6,9-12,18,32H,7-8,13-17H2,1-2H3,(H,29,31)/b30-23+. The number of allylic oxidation sites excluding steroid dienone is 2. The van der Waals surface area contributed by atoms with Gasteiger partial charge in [-0.1, -0.05) is 56.3 Å². The van der Waals surface area contributed by atoms with Crippen molar-refractivity contribution in [3.8, 4) is 0 Å². The number of hydrazone groups is 1. The topological polar surface area (TPSA) is 83.8 Å². The van der Waals surface area contributed by atoms with Crippen molar-refractivity contribution in [1.82, 2.24) is 4.98 Å². The number of carbonyl (C=O) groups excluding carboxylic acids is 1. The zero-order chi connectivity index (χ0) is 23.7. The number of benzene rings is 2. The summed E-state index contributed by atoms with van der Waals surface area (Å²) in [6.07, 6.45) is 4.41. The highest BCUT2D eigenvalue weighted by atomic mass is 16.5. The summed E-state index contributed by atoms with van der Waals surface area (Å²) in [6.45, 7) is 4.79. The summed E-state index contributed by atoms with van der Waals surface area (Å²) >= 11 is 0. The molecule has 0 amide bonds. The number of fused-ring (bicyclic) bond motifs is 3. The number of nitrogens with zero attached hydrogens (tertiary/aromatic N) is 2. The molecule has 34 heavy (non-hydrogen) atoms. The molecule has 3 aromatic rings. The number of nitrogens with one attached hydrogen (secondary N) is 1. The molecule has 1 aliphatic heterocycles. The number of carbonyl (C=O) groups is 1. The predicted octanol–water partition coefficient (Wildman–Crippen LogP) is 6.32. The van der Waals surface area contributed by atoms with Gasteiger partial charge in [0.15, 0.2) is 11.6 Å². The third-order valence-electron chi connectivity index (χ3n) is 6.77. The largest absolute Gasteiger partial charge is 0.511 e. The zero-order valence-corrected chi connectivity index (χ0v) is 19.8. The number of pyridine rings is 1. The van der Waals surface area contributed by atoms with E-state index in [4.69, 9.17) is 14.8 Å². The van der Waals surface area contributed by atoms with Crippen LogP contribution >= 0.6 is 0 Å². The summed E-state index contributed by atoms with van der Waals surface area (Å²) in [7, 11) is 0. The number of para-hydroxylation sites is 1. The molecule has 6 nitrogen and oxygen atoms in total. The van der Waals surface area contributed by atoms with Gasteiger partial charge in [-0.25, -0.2) is 4.98 Å². The van der Waals surface area contributed by atoms with E-state index >= 15 is 0 Å². The van der Waals surface area contributed by atoms with Gasteiger partial charge in [0.2, 0.25) is 0 Å². The van der Waals surface area contributed by atoms with Crippen LogP contribution in [-0.4, -0.2) is 34.3 Å². The number of Topliss-reactive ketones (excluding diaryl/α,β-unsaturated/α-hetero) is 1. The van der Waals surface area contributed by atoms with Crippen molar-refractivity contribution in [2.45, 2.75) is 58.5 Å². The number of aliphatic hydroxyl groups excluding tert-OH is 1. The Bertz CT molecular complexity index is 1300. The quantitative estimate of drug-likeness (QED) is 0.257. The van der Waals surface area contributed by atoms with Crippen LogP contribution in [0.3, 0.4) is 0 Å². The maximum absolute atomic E-state index is 13.1. The molecule has 2 N–H and O–H groups in total. The van der Waals surface area contributed by atoms with Crippen molar-refractivity contribution in [3.05, 3.63) is 59.9 Å². The molecule has 0 bridgehead atoms. The lowest BCUT2D eigenvalue weighted by molar-refractivity contribution is -0.118. The summed E-state index contributed by atoms with van der Waals surface area (Å²) < 4.78 is 5.79. The second-order valence-electron chi connectivity index (χ2n) is 10.1. The first kappa shape index (κ1) is 22.5. The second kappa shape index (κ2) is 9.18. The molecule has 6 heteroatoms. The Morgan fingerprint density at radius 1 is 1.12 bits per heavy atom. The number of hydrogen-bond donors (Lipinski definition) is 2. The maximum Gasteiger partial charge on any atom is 0.168 e. The van der Waals surface area contributed by atoms with Crippen LogP contribution in [0.2, 0.25) is 0 Å². The van der Waals surface area contributed by atoms with Gasteiger partial charge in [0.25, 0.3) is 0 Å². The first-order valence-electron chi connectivity index (χ1n) is 12.1. The molecule has 0 saturated carbocycles. The van der Waals surface area contributed by atoms with Crippen LogP contribution in [0.1, 0.15) is 52.4 Å². The van der Waals surface area contributed by atoms with Crippen molar-refractivity contribution < 1.29 is 14.6 Å². The molecule has 1 saturated heterocycles. The van der Waals surface area contributed by atoms with Crippen LogP contribution in [0.4, 0.5) is 5.82 Å². The summed E-state index contributed by atoms with van der Waals surface area (Å²) in [6, 6.07) is 16.1. The van der Waals surface area contributed by atoms with E-state index < -0.39 is 0 Å². The molecule has 2 aliphatic rings. The lowest BCUT2D eigenvalue weighted by Crippen LogP contribution is -2.30. The Morgan fingerprint density at radius 2 is 1.85 bits per heavy atom. The Morgan fingerprint density at radius 3 is 2.59 bits per heavy atom. The fraction of sp³-hybridized carbons (Fsp3) is 0.393. The Balaban J connectivity index is 1.54. The van der Waals surface area contributed by atoms with Crippen molar-refractivity contribution in [2.75, 3.05) is 12.0 Å². The average molecular weight is 458 g/mol. The van der Waals surface area contributed by atoms with Gasteiger partial charge >= 0.3 is 0 Å². The first-order chi connectivity index (χ1) is 16.4. The minimum atomic E-state index is -0.256. The third-order valence-corrected chi connectivity index (χ3v) is 6.77. The summed E-state index contributed by atoms with van der Waals surface area (Å²) in [5.41, 5.74) is 4.70. The molecule has 0 spiro atoms. The fourth-order valence-corrected chi connectivity index (χ4v) is 5.13. The molecular formula is C28H31N3O3. The van der Waals surface area contributed by atoms with Crippen LogP contribution < -0.4 is 5.43 Å². The normalized spacial score (nSPS) is 20.9. The highest BCUT2D eigenvalue weighted by Gasteiger charge is 2.35. The van der Waals surface area contributed by atoms with Crippen LogP contribution in [-0.2, 0) is 9.53 Å². The Kier molecular flexibility index (Phi) is 6.09. The molecule has 1 aliphatic carbocycles. The molecule has 1 aromatic heterocycles. The highest BCUT2D eigenvalue weighted by molar-refractivity contribution is 6.23. The molecular weight excluding hydrogens is 426 g/mol. The smallest absolute Gasteiger partial charge is 0.168 e. The Labute approximate surface area is 199 Å². The molecule has 1 unspecified atom stereocenters. The minimum absolute atomic E-state index is 0.0574. The van der Waals surface area contributed by atoms with Crippen molar-refractivity contribution in [1.29, 1.82) is 0 Å². The zero-order valence-electron chi connectivity index (χ0n) is 19.8. The molecule has 1 fully saturated rings. The average Bonchev–Trinajstić information content (AvgIpc) is 3.33. The highest BCUT2D eigenvalue weighted by Crippen LogP contribution is 2.37. The number of anilines is 1. The number of ether oxygens (including phenoxy) is 1. The van der Waals surface area contributed by atoms with Crippen LogP contribution in [0.15, 0.2) is 65.0 Å². The van der Waals surface area contributed by atoms with Crippen molar-refractivity contribution in [3.63, 3.8) is 0 Å². The van der Waals surface area contributed by atoms with Gasteiger partial charge in [-0.05, 0) is 42.6 Å². The van der Waals surface area contributed by atoms with Crippen LogP contribution in [0.5, 0.6) is 0 Å². The molecule has 1 atom stereocenters. The number of ketones is 1. The van der Waals surface area contributed by atoms with E-state index in [9.17, 15) is 9.90 Å². The van der Waals surface area contributed by atoms with E-state index in [-0.39, 0.29) is 23.1 Å². The maximum atomic E-state index is 13.1. The third kappa shape index (κ3) is 4.55. The Hall–Kier alpha value is -3.25. The van der Waals surface area contributed by atoms with E-state index in [1.165, 1.54) is 0 Å².